The molecule has 4 heteroatoms. The Morgan fingerprint density at radius 1 is 1.39 bits per heavy atom. The van der Waals surface area contributed by atoms with Crippen molar-refractivity contribution in [2.45, 2.75) is 20.3 Å². The minimum Gasteiger partial charge on any atom is -0.410 e. The molecule has 0 bridgehead atoms. The van der Waals surface area contributed by atoms with Gasteiger partial charge in [0.25, 0.3) is 0 Å². The molecule has 0 saturated heterocycles. The molecule has 4 nitrogen and oxygen atoms in total. The summed E-state index contributed by atoms with van der Waals surface area (Å²) in [5.41, 5.74) is 0. The van der Waals surface area contributed by atoms with E-state index in [1.54, 1.807) is 17.0 Å². The zero-order valence-electron chi connectivity index (χ0n) is 10.8. The zero-order valence-corrected chi connectivity index (χ0v) is 10.8. The molecule has 0 aliphatic heterocycles. The van der Waals surface area contributed by atoms with Gasteiger partial charge in [-0.1, -0.05) is 32.0 Å². The zero-order chi connectivity index (χ0) is 13.4. The Hall–Kier alpha value is -2.02. The van der Waals surface area contributed by atoms with Crippen LogP contribution in [-0.4, -0.2) is 24.1 Å². The molecule has 0 unspecified atom stereocenters. The van der Waals surface area contributed by atoms with Gasteiger partial charge >= 0.3 is 6.09 Å². The number of carbonyl (C=O) groups excluding carboxylic acids is 1. The standard InChI is InChI=1S/C14H18N2O2/c1-12(2)11-16(10-6-9-15)14(17)18-13-7-4-3-5-8-13/h3-5,7-8,12H,6,10-11H2,1-2H3. The van der Waals surface area contributed by atoms with Crippen LogP contribution in [-0.2, 0) is 0 Å². The lowest BCUT2D eigenvalue weighted by molar-refractivity contribution is 0.147. The SMILES string of the molecule is CC(C)CN(CCC#N)C(=O)Oc1ccccc1. The van der Waals surface area contributed by atoms with Gasteiger partial charge in [-0.25, -0.2) is 4.79 Å². The van der Waals surface area contributed by atoms with Gasteiger partial charge in [0.1, 0.15) is 5.75 Å². The van der Waals surface area contributed by atoms with Crippen molar-refractivity contribution >= 4 is 6.09 Å². The number of nitrogens with zero attached hydrogens (tertiary/aromatic N) is 2. The Kier molecular flexibility index (Phi) is 5.72. The van der Waals surface area contributed by atoms with Crippen molar-refractivity contribution in [1.29, 1.82) is 5.26 Å². The Bertz CT molecular complexity index is 410. The molecule has 0 atom stereocenters. The summed E-state index contributed by atoms with van der Waals surface area (Å²) in [4.78, 5) is 13.5. The second kappa shape index (κ2) is 7.33. The number of ether oxygens (including phenoxy) is 1. The molecule has 0 N–H and O–H groups in total. The first-order valence-corrected chi connectivity index (χ1v) is 6.02. The highest BCUT2D eigenvalue weighted by Gasteiger charge is 2.16. The summed E-state index contributed by atoms with van der Waals surface area (Å²) in [6.45, 7) is 5.04. The van der Waals surface area contributed by atoms with E-state index >= 15 is 0 Å². The molecule has 1 aromatic carbocycles. The van der Waals surface area contributed by atoms with E-state index in [1.165, 1.54) is 0 Å². The van der Waals surface area contributed by atoms with Crippen LogP contribution < -0.4 is 4.74 Å². The molecule has 96 valence electrons. The fourth-order valence-electron chi connectivity index (χ4n) is 1.54. The first-order valence-electron chi connectivity index (χ1n) is 6.02. The van der Waals surface area contributed by atoms with E-state index in [0.29, 0.717) is 31.2 Å². The monoisotopic (exact) mass is 246 g/mol. The average molecular weight is 246 g/mol. The Morgan fingerprint density at radius 2 is 2.06 bits per heavy atom. The van der Waals surface area contributed by atoms with Crippen LogP contribution in [0.4, 0.5) is 4.79 Å². The lowest BCUT2D eigenvalue weighted by Gasteiger charge is -2.22. The van der Waals surface area contributed by atoms with Gasteiger partial charge in [-0.2, -0.15) is 5.26 Å². The minimum absolute atomic E-state index is 0.316. The fourth-order valence-corrected chi connectivity index (χ4v) is 1.54. The van der Waals surface area contributed by atoms with E-state index in [4.69, 9.17) is 10.00 Å². The summed E-state index contributed by atoms with van der Waals surface area (Å²) in [5.74, 6) is 0.861. The summed E-state index contributed by atoms with van der Waals surface area (Å²) < 4.78 is 5.25. The van der Waals surface area contributed by atoms with Crippen LogP contribution in [0.25, 0.3) is 0 Å². The Morgan fingerprint density at radius 3 is 2.61 bits per heavy atom. The topological polar surface area (TPSA) is 53.3 Å². The normalized spacial score (nSPS) is 9.89. The van der Waals surface area contributed by atoms with Crippen LogP contribution in [0.5, 0.6) is 5.75 Å². The predicted molar refractivity (Wildman–Crippen MR) is 69.1 cm³/mol. The van der Waals surface area contributed by atoms with E-state index in [0.717, 1.165) is 0 Å². The third-order valence-corrected chi connectivity index (χ3v) is 2.29. The van der Waals surface area contributed by atoms with Crippen LogP contribution in [0.1, 0.15) is 20.3 Å². The number of hydrogen-bond acceptors (Lipinski definition) is 3. The second-order valence-electron chi connectivity index (χ2n) is 4.43. The van der Waals surface area contributed by atoms with Crippen molar-refractivity contribution in [1.82, 2.24) is 4.90 Å². The molecule has 1 rings (SSSR count). The minimum atomic E-state index is -0.398. The maximum atomic E-state index is 11.9. The van der Waals surface area contributed by atoms with Gasteiger partial charge in [-0.15, -0.1) is 0 Å². The Balaban J connectivity index is 2.61. The molecule has 1 amide bonds. The highest BCUT2D eigenvalue weighted by molar-refractivity contribution is 5.70. The first-order chi connectivity index (χ1) is 8.63. The summed E-state index contributed by atoms with van der Waals surface area (Å²) in [6.07, 6.45) is -0.0819. The summed E-state index contributed by atoms with van der Waals surface area (Å²) in [6, 6.07) is 11.0. The molecular formula is C14H18N2O2. The number of nitriles is 1. The molecule has 0 aromatic heterocycles. The van der Waals surface area contributed by atoms with Crippen LogP contribution in [0, 0.1) is 17.2 Å². The maximum absolute atomic E-state index is 11.9. The Labute approximate surface area is 108 Å². The highest BCUT2D eigenvalue weighted by Crippen LogP contribution is 2.11. The van der Waals surface area contributed by atoms with Crippen LogP contribution >= 0.6 is 0 Å². The van der Waals surface area contributed by atoms with Crippen molar-refractivity contribution in [3.8, 4) is 11.8 Å². The van der Waals surface area contributed by atoms with E-state index in [-0.39, 0.29) is 0 Å². The quantitative estimate of drug-likeness (QED) is 0.802. The van der Waals surface area contributed by atoms with Gasteiger partial charge in [-0.3, -0.25) is 0 Å². The van der Waals surface area contributed by atoms with E-state index in [9.17, 15) is 4.79 Å². The fraction of sp³-hybridized carbons (Fsp3) is 0.429. The smallest absolute Gasteiger partial charge is 0.410 e. The largest absolute Gasteiger partial charge is 0.415 e. The van der Waals surface area contributed by atoms with Crippen molar-refractivity contribution in [3.63, 3.8) is 0 Å². The van der Waals surface area contributed by atoms with E-state index < -0.39 is 6.09 Å². The first kappa shape index (κ1) is 14.0. The number of para-hydroxylation sites is 1. The average Bonchev–Trinajstić information content (AvgIpc) is 2.35. The second-order valence-corrected chi connectivity index (χ2v) is 4.43. The van der Waals surface area contributed by atoms with Gasteiger partial charge in [-0.05, 0) is 18.1 Å². The van der Waals surface area contributed by atoms with Crippen molar-refractivity contribution in [2.24, 2.45) is 5.92 Å². The van der Waals surface area contributed by atoms with Crippen molar-refractivity contribution in [3.05, 3.63) is 30.3 Å². The van der Waals surface area contributed by atoms with Crippen LogP contribution in [0.15, 0.2) is 30.3 Å². The predicted octanol–water partition coefficient (Wildman–Crippen LogP) is 3.06. The molecule has 0 aliphatic carbocycles. The molecular weight excluding hydrogens is 228 g/mol. The van der Waals surface area contributed by atoms with Crippen LogP contribution in [0.3, 0.4) is 0 Å². The molecule has 0 heterocycles. The molecule has 0 saturated carbocycles. The summed E-state index contributed by atoms with van der Waals surface area (Å²) in [7, 11) is 0. The van der Waals surface area contributed by atoms with Crippen LogP contribution in [0.2, 0.25) is 0 Å². The van der Waals surface area contributed by atoms with Gasteiger partial charge in [0.05, 0.1) is 12.5 Å². The number of benzene rings is 1. The number of hydrogen-bond donors (Lipinski definition) is 0. The van der Waals surface area contributed by atoms with Crippen molar-refractivity contribution < 1.29 is 9.53 Å². The van der Waals surface area contributed by atoms with E-state index in [1.807, 2.05) is 38.1 Å². The molecule has 0 spiro atoms. The lowest BCUT2D eigenvalue weighted by Crippen LogP contribution is -2.37. The molecule has 18 heavy (non-hydrogen) atoms. The molecule has 0 aliphatic rings. The van der Waals surface area contributed by atoms with Gasteiger partial charge in [0, 0.05) is 13.1 Å². The number of carbonyl (C=O) groups is 1. The molecule has 0 radical (unpaired) electrons. The molecule has 0 fully saturated rings. The number of rotatable bonds is 5. The number of amides is 1. The van der Waals surface area contributed by atoms with E-state index in [2.05, 4.69) is 0 Å². The third kappa shape index (κ3) is 4.88. The van der Waals surface area contributed by atoms with Gasteiger partial charge < -0.3 is 9.64 Å². The summed E-state index contributed by atoms with van der Waals surface area (Å²) in [5, 5.41) is 8.59. The van der Waals surface area contributed by atoms with Gasteiger partial charge in [0.2, 0.25) is 0 Å². The third-order valence-electron chi connectivity index (χ3n) is 2.29. The lowest BCUT2D eigenvalue weighted by atomic mass is 10.2. The summed E-state index contributed by atoms with van der Waals surface area (Å²) >= 11 is 0. The molecule has 1 aromatic rings. The maximum Gasteiger partial charge on any atom is 0.415 e. The van der Waals surface area contributed by atoms with Gasteiger partial charge in [0.15, 0.2) is 0 Å². The highest BCUT2D eigenvalue weighted by atomic mass is 16.6. The van der Waals surface area contributed by atoms with Crippen molar-refractivity contribution in [2.75, 3.05) is 13.1 Å².